The molecule has 15 heavy (non-hydrogen) atoms. The molecule has 1 saturated heterocycles. The van der Waals surface area contributed by atoms with E-state index in [1.165, 1.54) is 4.90 Å². The van der Waals surface area contributed by atoms with Crippen molar-refractivity contribution in [3.05, 3.63) is 0 Å². The Morgan fingerprint density at radius 2 is 2.07 bits per heavy atom. The predicted molar refractivity (Wildman–Crippen MR) is 56.1 cm³/mol. The first kappa shape index (κ1) is 12.3. The number of ether oxygens (including phenoxy) is 2. The van der Waals surface area contributed by atoms with E-state index in [9.17, 15) is 4.79 Å². The lowest BCUT2D eigenvalue weighted by Gasteiger charge is -2.33. The van der Waals surface area contributed by atoms with Crippen molar-refractivity contribution in [1.82, 2.24) is 4.90 Å². The van der Waals surface area contributed by atoms with Gasteiger partial charge in [0.15, 0.2) is 0 Å². The van der Waals surface area contributed by atoms with Crippen LogP contribution in [0.4, 0.5) is 4.79 Å². The first-order chi connectivity index (χ1) is 6.63. The fourth-order valence-electron chi connectivity index (χ4n) is 1.50. The summed E-state index contributed by atoms with van der Waals surface area (Å²) in [5.41, 5.74) is 4.56. The summed E-state index contributed by atoms with van der Waals surface area (Å²) in [7, 11) is 0. The van der Waals surface area contributed by atoms with Crippen LogP contribution in [0.25, 0.3) is 0 Å². The Morgan fingerprint density at radius 3 is 2.40 bits per heavy atom. The van der Waals surface area contributed by atoms with Crippen LogP contribution in [0.3, 0.4) is 0 Å². The van der Waals surface area contributed by atoms with Crippen LogP contribution in [-0.2, 0) is 9.47 Å². The molecule has 1 aliphatic rings. The van der Waals surface area contributed by atoms with Crippen molar-refractivity contribution < 1.29 is 14.3 Å². The molecule has 1 rings (SSSR count). The van der Waals surface area contributed by atoms with E-state index in [1.807, 2.05) is 20.8 Å². The summed E-state index contributed by atoms with van der Waals surface area (Å²) in [5, 5.41) is 0. The third-order valence-electron chi connectivity index (χ3n) is 2.11. The zero-order chi connectivity index (χ0) is 11.9. The van der Waals surface area contributed by atoms with Gasteiger partial charge in [0.25, 0.3) is 0 Å². The predicted octanol–water partition coefficient (Wildman–Crippen LogP) is 1.27. The Kier molecular flexibility index (Phi) is 2.98. The van der Waals surface area contributed by atoms with Gasteiger partial charge in [-0.3, -0.25) is 4.90 Å². The van der Waals surface area contributed by atoms with E-state index in [2.05, 4.69) is 0 Å². The number of carbonyl (C=O) groups excluding carboxylic acids is 1. The zero-order valence-electron chi connectivity index (χ0n) is 10.0. The molecule has 0 aliphatic carbocycles. The molecule has 0 saturated carbocycles. The molecule has 2 N–H and O–H groups in total. The quantitative estimate of drug-likeness (QED) is 0.662. The van der Waals surface area contributed by atoms with Crippen molar-refractivity contribution in [2.75, 3.05) is 6.61 Å². The number of nitrogens with zero attached hydrogens (tertiary/aromatic N) is 1. The Morgan fingerprint density at radius 1 is 1.53 bits per heavy atom. The van der Waals surface area contributed by atoms with E-state index < -0.39 is 23.6 Å². The van der Waals surface area contributed by atoms with Crippen LogP contribution in [0.1, 0.15) is 34.6 Å². The van der Waals surface area contributed by atoms with E-state index in [-0.39, 0.29) is 0 Å². The van der Waals surface area contributed by atoms with Gasteiger partial charge >= 0.3 is 6.09 Å². The molecular weight excluding hydrogens is 196 g/mol. The number of rotatable bonds is 0. The van der Waals surface area contributed by atoms with E-state index in [1.54, 1.807) is 13.8 Å². The molecule has 88 valence electrons. The lowest BCUT2D eigenvalue weighted by Crippen LogP contribution is -2.52. The Hall–Kier alpha value is -0.810. The normalized spacial score (nSPS) is 25.5. The molecule has 1 atom stereocenters. The monoisotopic (exact) mass is 216 g/mol. The fraction of sp³-hybridized carbons (Fsp3) is 0.900. The molecule has 0 aromatic rings. The topological polar surface area (TPSA) is 64.8 Å². The van der Waals surface area contributed by atoms with Crippen molar-refractivity contribution in [3.63, 3.8) is 0 Å². The van der Waals surface area contributed by atoms with E-state index in [0.717, 1.165) is 0 Å². The number of nitrogens with two attached hydrogens (primary N) is 1. The van der Waals surface area contributed by atoms with Crippen molar-refractivity contribution in [2.45, 2.75) is 52.1 Å². The Bertz CT molecular complexity index is 258. The van der Waals surface area contributed by atoms with Crippen LogP contribution in [0.5, 0.6) is 0 Å². The lowest BCUT2D eigenvalue weighted by atomic mass is 10.2. The van der Waals surface area contributed by atoms with Crippen molar-refractivity contribution in [1.29, 1.82) is 0 Å². The number of amides is 1. The molecule has 1 unspecified atom stereocenters. The van der Waals surface area contributed by atoms with Crippen LogP contribution in [-0.4, -0.2) is 35.1 Å². The van der Waals surface area contributed by atoms with Gasteiger partial charge in [0.1, 0.15) is 17.5 Å². The average Bonchev–Trinajstić information content (AvgIpc) is 2.21. The largest absolute Gasteiger partial charge is 0.444 e. The number of carbonyl (C=O) groups is 1. The Labute approximate surface area is 90.5 Å². The van der Waals surface area contributed by atoms with Gasteiger partial charge in [0.2, 0.25) is 0 Å². The molecule has 1 amide bonds. The molecule has 0 radical (unpaired) electrons. The van der Waals surface area contributed by atoms with Crippen LogP contribution in [0.2, 0.25) is 0 Å². The minimum absolute atomic E-state index is 0.340. The van der Waals surface area contributed by atoms with Crippen molar-refractivity contribution in [3.8, 4) is 0 Å². The lowest BCUT2D eigenvalue weighted by molar-refractivity contribution is -0.0622. The second-order valence-electron chi connectivity index (χ2n) is 5.18. The summed E-state index contributed by atoms with van der Waals surface area (Å²) in [6, 6.07) is 0. The molecular formula is C10H20N2O3. The fourth-order valence-corrected chi connectivity index (χ4v) is 1.50. The molecule has 0 aromatic heterocycles. The number of hydrogen-bond donors (Lipinski definition) is 1. The van der Waals surface area contributed by atoms with Gasteiger partial charge in [-0.15, -0.1) is 0 Å². The third-order valence-corrected chi connectivity index (χ3v) is 2.11. The van der Waals surface area contributed by atoms with Gasteiger partial charge in [-0.1, -0.05) is 0 Å². The summed E-state index contributed by atoms with van der Waals surface area (Å²) in [6.07, 6.45) is -0.868. The zero-order valence-corrected chi connectivity index (χ0v) is 10.0. The molecule has 5 nitrogen and oxygen atoms in total. The van der Waals surface area contributed by atoms with Gasteiger partial charge < -0.3 is 15.2 Å². The van der Waals surface area contributed by atoms with Gasteiger partial charge in [-0.05, 0) is 34.6 Å². The second-order valence-corrected chi connectivity index (χ2v) is 5.18. The maximum absolute atomic E-state index is 11.8. The van der Waals surface area contributed by atoms with Gasteiger partial charge in [0.05, 0.1) is 6.61 Å². The van der Waals surface area contributed by atoms with Crippen LogP contribution < -0.4 is 5.73 Å². The standard InChI is InChI=1S/C10H20N2O3/c1-9(2,3)15-8(13)12-7(11)6-14-10(12,4)5/h7H,6,11H2,1-5H3. The van der Waals surface area contributed by atoms with Crippen molar-refractivity contribution >= 4 is 6.09 Å². The first-order valence-electron chi connectivity index (χ1n) is 5.05. The summed E-state index contributed by atoms with van der Waals surface area (Å²) in [6.45, 7) is 9.39. The summed E-state index contributed by atoms with van der Waals surface area (Å²) >= 11 is 0. The average molecular weight is 216 g/mol. The number of hydrogen-bond acceptors (Lipinski definition) is 4. The smallest absolute Gasteiger partial charge is 0.413 e. The minimum atomic E-state index is -0.693. The van der Waals surface area contributed by atoms with Gasteiger partial charge in [-0.2, -0.15) is 0 Å². The Balaban J connectivity index is 2.74. The van der Waals surface area contributed by atoms with Crippen LogP contribution in [0.15, 0.2) is 0 Å². The molecule has 0 aromatic carbocycles. The highest BCUT2D eigenvalue weighted by atomic mass is 16.6. The van der Waals surface area contributed by atoms with Gasteiger partial charge in [-0.25, -0.2) is 4.79 Å². The van der Waals surface area contributed by atoms with Crippen LogP contribution in [0, 0.1) is 0 Å². The van der Waals surface area contributed by atoms with Crippen molar-refractivity contribution in [2.24, 2.45) is 5.73 Å². The molecule has 1 aliphatic heterocycles. The highest BCUT2D eigenvalue weighted by molar-refractivity contribution is 5.69. The maximum atomic E-state index is 11.8. The van der Waals surface area contributed by atoms with E-state index >= 15 is 0 Å². The molecule has 0 spiro atoms. The third kappa shape index (κ3) is 2.82. The molecule has 5 heteroatoms. The van der Waals surface area contributed by atoms with E-state index in [0.29, 0.717) is 6.61 Å². The van der Waals surface area contributed by atoms with E-state index in [4.69, 9.17) is 15.2 Å². The highest BCUT2D eigenvalue weighted by Gasteiger charge is 2.44. The second kappa shape index (κ2) is 3.64. The SMILES string of the molecule is CC(C)(C)OC(=O)N1C(N)COC1(C)C. The van der Waals surface area contributed by atoms with Gasteiger partial charge in [0, 0.05) is 0 Å². The highest BCUT2D eigenvalue weighted by Crippen LogP contribution is 2.26. The summed E-state index contributed by atoms with van der Waals surface area (Å²) in [5.74, 6) is 0. The molecule has 0 bridgehead atoms. The first-order valence-corrected chi connectivity index (χ1v) is 5.05. The summed E-state index contributed by atoms with van der Waals surface area (Å²) in [4.78, 5) is 13.3. The van der Waals surface area contributed by atoms with Crippen LogP contribution >= 0.6 is 0 Å². The molecule has 1 fully saturated rings. The minimum Gasteiger partial charge on any atom is -0.444 e. The maximum Gasteiger partial charge on any atom is 0.413 e. The molecule has 1 heterocycles. The summed E-state index contributed by atoms with van der Waals surface area (Å²) < 4.78 is 10.7.